The number of ether oxygens (including phenoxy) is 1. The molecule has 6 nitrogen and oxygen atoms in total. The fourth-order valence-corrected chi connectivity index (χ4v) is 2.64. The molecule has 1 heterocycles. The van der Waals surface area contributed by atoms with E-state index in [1.54, 1.807) is 6.07 Å². The number of pyridine rings is 1. The Morgan fingerprint density at radius 1 is 1.13 bits per heavy atom. The zero-order valence-corrected chi connectivity index (χ0v) is 14.9. The van der Waals surface area contributed by atoms with Crippen molar-refractivity contribution in [1.29, 1.82) is 5.26 Å². The maximum absolute atomic E-state index is 14.2. The van der Waals surface area contributed by atoms with E-state index in [0.717, 1.165) is 12.1 Å². The first kappa shape index (κ1) is 20.6. The molecule has 1 aromatic heterocycles. The van der Waals surface area contributed by atoms with Gasteiger partial charge in [0, 0.05) is 16.7 Å². The molecular formula is C20H11F4N3O3. The number of carbonyl (C=O) groups is 1. The number of anilines is 1. The summed E-state index contributed by atoms with van der Waals surface area (Å²) >= 11 is 0. The molecule has 0 saturated heterocycles. The summed E-state index contributed by atoms with van der Waals surface area (Å²) < 4.78 is 55.3. The van der Waals surface area contributed by atoms with E-state index in [1.807, 2.05) is 6.07 Å². The minimum atomic E-state index is -5.23. The number of rotatable bonds is 3. The van der Waals surface area contributed by atoms with Crippen LogP contribution in [0.3, 0.4) is 0 Å². The van der Waals surface area contributed by atoms with Crippen LogP contribution < -0.4 is 10.5 Å². The van der Waals surface area contributed by atoms with E-state index < -0.39 is 29.5 Å². The highest BCUT2D eigenvalue weighted by Crippen LogP contribution is 2.36. The Labute approximate surface area is 166 Å². The van der Waals surface area contributed by atoms with E-state index >= 15 is 0 Å². The van der Waals surface area contributed by atoms with Crippen LogP contribution in [0.25, 0.3) is 22.4 Å². The first-order valence-electron chi connectivity index (χ1n) is 8.19. The lowest BCUT2D eigenvalue weighted by atomic mass is 9.98. The molecule has 0 unspecified atom stereocenters. The summed E-state index contributed by atoms with van der Waals surface area (Å²) in [4.78, 5) is 15.0. The summed E-state index contributed by atoms with van der Waals surface area (Å²) in [6, 6.07) is 12.0. The first-order chi connectivity index (χ1) is 14.1. The van der Waals surface area contributed by atoms with Crippen molar-refractivity contribution >= 4 is 11.8 Å². The average Bonchev–Trinajstić information content (AvgIpc) is 2.68. The number of hydrogen-bond donors (Lipinski definition) is 2. The van der Waals surface area contributed by atoms with Crippen LogP contribution >= 0.6 is 0 Å². The number of aromatic nitrogens is 1. The predicted molar refractivity (Wildman–Crippen MR) is 97.5 cm³/mol. The number of nitrogens with two attached hydrogens (primary N) is 1. The fourth-order valence-electron chi connectivity index (χ4n) is 2.64. The number of alkyl halides is 3. The van der Waals surface area contributed by atoms with Gasteiger partial charge in [0.25, 0.3) is 0 Å². The molecule has 152 valence electrons. The van der Waals surface area contributed by atoms with Crippen molar-refractivity contribution in [3.05, 3.63) is 59.9 Å². The summed E-state index contributed by atoms with van der Waals surface area (Å²) in [6.45, 7) is 0. The van der Waals surface area contributed by atoms with Gasteiger partial charge >= 0.3 is 12.1 Å². The molecule has 0 spiro atoms. The lowest BCUT2D eigenvalue weighted by Crippen LogP contribution is -2.27. The normalized spacial score (nSPS) is 11.0. The monoisotopic (exact) mass is 417 g/mol. The van der Waals surface area contributed by atoms with Crippen LogP contribution in [0.4, 0.5) is 23.4 Å². The smallest absolute Gasteiger partial charge is 0.491 e. The van der Waals surface area contributed by atoms with Crippen LogP contribution in [0, 0.1) is 17.1 Å². The third-order valence-corrected chi connectivity index (χ3v) is 4.01. The molecule has 3 rings (SSSR count). The predicted octanol–water partition coefficient (Wildman–Crippen LogP) is 4.18. The minimum absolute atomic E-state index is 0.0659. The van der Waals surface area contributed by atoms with E-state index in [0.29, 0.717) is 0 Å². The second-order valence-electron chi connectivity index (χ2n) is 5.98. The molecule has 0 atom stereocenters. The maximum Gasteiger partial charge on any atom is 0.491 e. The van der Waals surface area contributed by atoms with Gasteiger partial charge in [0.2, 0.25) is 0 Å². The van der Waals surface area contributed by atoms with Gasteiger partial charge in [-0.15, -0.1) is 0 Å². The zero-order chi connectivity index (χ0) is 22.1. The number of carbonyl (C=O) groups excluding carboxylic acids is 1. The number of phenolic OH excluding ortho intramolecular Hbond substituents is 1. The summed E-state index contributed by atoms with van der Waals surface area (Å²) in [5.41, 5.74) is 6.27. The Bertz CT molecular complexity index is 1190. The number of hydrogen-bond acceptors (Lipinski definition) is 6. The van der Waals surface area contributed by atoms with Crippen molar-refractivity contribution in [3.8, 4) is 40.0 Å². The van der Waals surface area contributed by atoms with E-state index in [1.165, 1.54) is 30.3 Å². The number of halogens is 4. The van der Waals surface area contributed by atoms with Crippen LogP contribution in [0.5, 0.6) is 11.5 Å². The lowest BCUT2D eigenvalue weighted by molar-refractivity contribution is -0.189. The van der Waals surface area contributed by atoms with Gasteiger partial charge in [-0.25, -0.2) is 14.2 Å². The Morgan fingerprint density at radius 3 is 2.43 bits per heavy atom. The van der Waals surface area contributed by atoms with E-state index in [-0.39, 0.29) is 33.8 Å². The van der Waals surface area contributed by atoms with Gasteiger partial charge in [-0.1, -0.05) is 18.2 Å². The molecule has 2 aromatic carbocycles. The second-order valence-corrected chi connectivity index (χ2v) is 5.98. The van der Waals surface area contributed by atoms with Crippen LogP contribution in [-0.4, -0.2) is 22.2 Å². The summed E-state index contributed by atoms with van der Waals surface area (Å²) in [7, 11) is 0. The molecule has 0 aliphatic rings. The van der Waals surface area contributed by atoms with Crippen LogP contribution in [-0.2, 0) is 4.79 Å². The molecule has 0 bridgehead atoms. The first-order valence-corrected chi connectivity index (χ1v) is 8.19. The van der Waals surface area contributed by atoms with Gasteiger partial charge in [0.1, 0.15) is 23.3 Å². The van der Waals surface area contributed by atoms with Crippen molar-refractivity contribution in [1.82, 2.24) is 4.98 Å². The van der Waals surface area contributed by atoms with Crippen LogP contribution in [0.2, 0.25) is 0 Å². The Morgan fingerprint density at radius 2 is 1.83 bits per heavy atom. The van der Waals surface area contributed by atoms with E-state index in [2.05, 4.69) is 9.72 Å². The van der Waals surface area contributed by atoms with Gasteiger partial charge in [0.05, 0.1) is 5.69 Å². The Hall–Kier alpha value is -4.13. The topological polar surface area (TPSA) is 109 Å². The van der Waals surface area contributed by atoms with E-state index in [9.17, 15) is 32.7 Å². The molecule has 0 amide bonds. The number of esters is 1. The van der Waals surface area contributed by atoms with Gasteiger partial charge in [-0.3, -0.25) is 0 Å². The standard InChI is InChI=1S/C20H11F4N3O3/c21-14-4-2-1-3-11(14)12-8-15(27-18(26)13(12)9-25)10-5-6-17(16(28)7-10)30-19(29)20(22,23)24/h1-8,28H,(H2,26,27). The minimum Gasteiger partial charge on any atom is -0.504 e. The molecule has 0 aliphatic carbocycles. The SMILES string of the molecule is N#Cc1c(-c2ccccc2F)cc(-c2ccc(OC(=O)C(F)(F)F)c(O)c2)nc1N. The van der Waals surface area contributed by atoms with Gasteiger partial charge in [-0.05, 0) is 30.3 Å². The van der Waals surface area contributed by atoms with E-state index in [4.69, 9.17) is 5.73 Å². The van der Waals surface area contributed by atoms with Gasteiger partial charge < -0.3 is 15.6 Å². The zero-order valence-electron chi connectivity index (χ0n) is 14.9. The van der Waals surface area contributed by atoms with Crippen molar-refractivity contribution in [2.75, 3.05) is 5.73 Å². The van der Waals surface area contributed by atoms with Gasteiger partial charge in [-0.2, -0.15) is 18.4 Å². The molecular weight excluding hydrogens is 406 g/mol. The number of nitrogens with zero attached hydrogens (tertiary/aromatic N) is 2. The van der Waals surface area contributed by atoms with Gasteiger partial charge in [0.15, 0.2) is 11.5 Å². The number of nitrogen functional groups attached to an aromatic ring is 1. The summed E-state index contributed by atoms with van der Waals surface area (Å²) in [5, 5.41) is 19.3. The maximum atomic E-state index is 14.2. The van der Waals surface area contributed by atoms with Crippen molar-refractivity contribution in [2.45, 2.75) is 6.18 Å². The number of nitriles is 1. The Balaban J connectivity index is 2.07. The highest BCUT2D eigenvalue weighted by atomic mass is 19.4. The second kappa shape index (κ2) is 7.71. The number of phenols is 1. The quantitative estimate of drug-likeness (QED) is 0.376. The molecule has 30 heavy (non-hydrogen) atoms. The third-order valence-electron chi connectivity index (χ3n) is 4.01. The molecule has 0 fully saturated rings. The van der Waals surface area contributed by atoms with Crippen molar-refractivity contribution < 1.29 is 32.2 Å². The number of aromatic hydroxyl groups is 1. The van der Waals surface area contributed by atoms with Crippen molar-refractivity contribution in [3.63, 3.8) is 0 Å². The summed E-state index contributed by atoms with van der Waals surface area (Å²) in [6.07, 6.45) is -5.23. The molecule has 3 aromatic rings. The molecule has 3 N–H and O–H groups in total. The molecule has 10 heteroatoms. The number of benzene rings is 2. The third kappa shape index (κ3) is 4.00. The highest BCUT2D eigenvalue weighted by Gasteiger charge is 2.41. The average molecular weight is 417 g/mol. The Kier molecular flexibility index (Phi) is 5.29. The molecule has 0 saturated carbocycles. The molecule has 0 aliphatic heterocycles. The van der Waals surface area contributed by atoms with Crippen molar-refractivity contribution in [2.24, 2.45) is 0 Å². The lowest BCUT2D eigenvalue weighted by Gasteiger charge is -2.12. The van der Waals surface area contributed by atoms with Crippen LogP contribution in [0.15, 0.2) is 48.5 Å². The fraction of sp³-hybridized carbons (Fsp3) is 0.0500. The summed E-state index contributed by atoms with van der Waals surface area (Å²) in [5.74, 6) is -4.78. The highest BCUT2D eigenvalue weighted by molar-refractivity contribution is 5.82. The largest absolute Gasteiger partial charge is 0.504 e. The molecule has 0 radical (unpaired) electrons. The van der Waals surface area contributed by atoms with Crippen LogP contribution in [0.1, 0.15) is 5.56 Å².